The predicted molar refractivity (Wildman–Crippen MR) is 45.2 cm³/mol. The summed E-state index contributed by atoms with van der Waals surface area (Å²) in [5, 5.41) is 9.01. The van der Waals surface area contributed by atoms with Crippen LogP contribution in [-0.2, 0) is 0 Å². The molecule has 0 fully saturated rings. The number of phenols is 1. The third kappa shape index (κ3) is 1.38. The average molecular weight is 219 g/mol. The second-order valence-electron chi connectivity index (χ2n) is 2.47. The van der Waals surface area contributed by atoms with E-state index in [0.717, 1.165) is 5.56 Å². The molecule has 0 bridgehead atoms. The Labute approximate surface area is 73.0 Å². The first-order chi connectivity index (χ1) is 5.04. The first-order valence-electron chi connectivity index (χ1n) is 3.18. The van der Waals surface area contributed by atoms with Crippen LogP contribution in [0.3, 0.4) is 0 Å². The standard InChI is InChI=1S/C8H8BrFO/c1-4-3-6(11)8(10)5(2)7(4)9/h3,11H,1-2H3. The summed E-state index contributed by atoms with van der Waals surface area (Å²) in [4.78, 5) is 0. The van der Waals surface area contributed by atoms with Crippen LogP contribution in [-0.4, -0.2) is 5.11 Å². The number of hydrogen-bond acceptors (Lipinski definition) is 1. The maximum absolute atomic E-state index is 12.9. The summed E-state index contributed by atoms with van der Waals surface area (Å²) in [6, 6.07) is 1.40. The highest BCUT2D eigenvalue weighted by Crippen LogP contribution is 2.29. The van der Waals surface area contributed by atoms with Crippen LogP contribution in [0.5, 0.6) is 5.75 Å². The Kier molecular flexibility index (Phi) is 2.18. The van der Waals surface area contributed by atoms with Crippen molar-refractivity contribution in [2.45, 2.75) is 13.8 Å². The Balaban J connectivity index is 3.46. The van der Waals surface area contributed by atoms with E-state index < -0.39 is 5.82 Å². The Bertz CT molecular complexity index is 270. The lowest BCUT2D eigenvalue weighted by Crippen LogP contribution is -1.87. The molecular weight excluding hydrogens is 211 g/mol. The Morgan fingerprint density at radius 2 is 2.00 bits per heavy atom. The van der Waals surface area contributed by atoms with Gasteiger partial charge in [0.15, 0.2) is 11.6 Å². The molecule has 0 saturated heterocycles. The van der Waals surface area contributed by atoms with Crippen molar-refractivity contribution in [1.29, 1.82) is 0 Å². The van der Waals surface area contributed by atoms with Crippen molar-refractivity contribution in [2.75, 3.05) is 0 Å². The molecule has 1 rings (SSSR count). The third-order valence-corrected chi connectivity index (χ3v) is 2.80. The number of hydrogen-bond donors (Lipinski definition) is 1. The van der Waals surface area contributed by atoms with E-state index >= 15 is 0 Å². The van der Waals surface area contributed by atoms with Crippen LogP contribution in [0, 0.1) is 19.7 Å². The molecule has 11 heavy (non-hydrogen) atoms. The van der Waals surface area contributed by atoms with E-state index in [-0.39, 0.29) is 5.75 Å². The quantitative estimate of drug-likeness (QED) is 0.711. The van der Waals surface area contributed by atoms with Gasteiger partial charge in [0.1, 0.15) is 0 Å². The summed E-state index contributed by atoms with van der Waals surface area (Å²) in [5.41, 5.74) is 1.28. The number of aromatic hydroxyl groups is 1. The molecule has 3 heteroatoms. The molecule has 1 N–H and O–H groups in total. The molecule has 0 aliphatic heterocycles. The van der Waals surface area contributed by atoms with E-state index in [1.165, 1.54) is 6.07 Å². The van der Waals surface area contributed by atoms with Gasteiger partial charge in [0.2, 0.25) is 0 Å². The molecule has 1 nitrogen and oxygen atoms in total. The van der Waals surface area contributed by atoms with E-state index in [0.29, 0.717) is 10.0 Å². The lowest BCUT2D eigenvalue weighted by atomic mass is 10.1. The number of benzene rings is 1. The monoisotopic (exact) mass is 218 g/mol. The molecule has 0 aliphatic rings. The molecule has 0 saturated carbocycles. The van der Waals surface area contributed by atoms with Crippen LogP contribution >= 0.6 is 15.9 Å². The minimum absolute atomic E-state index is 0.289. The Morgan fingerprint density at radius 1 is 1.45 bits per heavy atom. The summed E-state index contributed by atoms with van der Waals surface area (Å²) >= 11 is 3.21. The van der Waals surface area contributed by atoms with Gasteiger partial charge in [-0.05, 0) is 25.5 Å². The zero-order valence-electron chi connectivity index (χ0n) is 6.28. The first kappa shape index (κ1) is 8.53. The Morgan fingerprint density at radius 3 is 2.55 bits per heavy atom. The fourth-order valence-corrected chi connectivity index (χ4v) is 1.20. The molecule has 0 spiro atoms. The molecule has 1 aromatic carbocycles. The lowest BCUT2D eigenvalue weighted by Gasteiger charge is -2.05. The van der Waals surface area contributed by atoms with Crippen molar-refractivity contribution in [3.63, 3.8) is 0 Å². The molecule has 0 unspecified atom stereocenters. The van der Waals surface area contributed by atoms with Crippen LogP contribution in [0.15, 0.2) is 10.5 Å². The third-order valence-electron chi connectivity index (χ3n) is 1.58. The number of phenolic OH excluding ortho intramolecular Hbond substituents is 1. The number of halogens is 2. The average Bonchev–Trinajstić information content (AvgIpc) is 1.97. The molecule has 0 amide bonds. The van der Waals surface area contributed by atoms with Crippen LogP contribution in [0.4, 0.5) is 4.39 Å². The zero-order chi connectivity index (χ0) is 8.59. The second kappa shape index (κ2) is 2.81. The predicted octanol–water partition coefficient (Wildman–Crippen LogP) is 2.91. The lowest BCUT2D eigenvalue weighted by molar-refractivity contribution is 0.429. The topological polar surface area (TPSA) is 20.2 Å². The van der Waals surface area contributed by atoms with Gasteiger partial charge in [0, 0.05) is 10.0 Å². The van der Waals surface area contributed by atoms with Crippen LogP contribution in [0.1, 0.15) is 11.1 Å². The van der Waals surface area contributed by atoms with Crippen LogP contribution < -0.4 is 0 Å². The fraction of sp³-hybridized carbons (Fsp3) is 0.250. The van der Waals surface area contributed by atoms with E-state index in [1.54, 1.807) is 13.8 Å². The van der Waals surface area contributed by atoms with E-state index in [1.807, 2.05) is 0 Å². The van der Waals surface area contributed by atoms with E-state index in [2.05, 4.69) is 15.9 Å². The summed E-state index contributed by atoms with van der Waals surface area (Å²) < 4.78 is 13.6. The molecule has 0 radical (unpaired) electrons. The Hall–Kier alpha value is -0.570. The van der Waals surface area contributed by atoms with Crippen LogP contribution in [0.25, 0.3) is 0 Å². The van der Waals surface area contributed by atoms with Crippen molar-refractivity contribution < 1.29 is 9.50 Å². The van der Waals surface area contributed by atoms with Crippen molar-refractivity contribution >= 4 is 15.9 Å². The largest absolute Gasteiger partial charge is 0.505 e. The van der Waals surface area contributed by atoms with Gasteiger partial charge >= 0.3 is 0 Å². The van der Waals surface area contributed by atoms with E-state index in [4.69, 9.17) is 5.11 Å². The van der Waals surface area contributed by atoms with Crippen molar-refractivity contribution in [2.24, 2.45) is 0 Å². The fourth-order valence-electron chi connectivity index (χ4n) is 0.916. The highest BCUT2D eigenvalue weighted by Gasteiger charge is 2.09. The van der Waals surface area contributed by atoms with Gasteiger partial charge in [-0.3, -0.25) is 0 Å². The van der Waals surface area contributed by atoms with Gasteiger partial charge in [-0.15, -0.1) is 0 Å². The van der Waals surface area contributed by atoms with Gasteiger partial charge < -0.3 is 5.11 Å². The molecule has 0 aromatic heterocycles. The molecule has 60 valence electrons. The molecule has 0 heterocycles. The van der Waals surface area contributed by atoms with Crippen LogP contribution in [0.2, 0.25) is 0 Å². The molecular formula is C8H8BrFO. The summed E-state index contributed by atoms with van der Waals surface area (Å²) in [5.74, 6) is -0.842. The maximum Gasteiger partial charge on any atom is 0.168 e. The first-order valence-corrected chi connectivity index (χ1v) is 3.97. The van der Waals surface area contributed by atoms with Gasteiger partial charge in [0.05, 0.1) is 0 Å². The smallest absolute Gasteiger partial charge is 0.168 e. The normalized spacial score (nSPS) is 10.2. The highest BCUT2D eigenvalue weighted by molar-refractivity contribution is 9.10. The highest BCUT2D eigenvalue weighted by atomic mass is 79.9. The number of rotatable bonds is 0. The van der Waals surface area contributed by atoms with Crippen molar-refractivity contribution in [3.05, 3.63) is 27.5 Å². The minimum Gasteiger partial charge on any atom is -0.505 e. The van der Waals surface area contributed by atoms with Gasteiger partial charge in [-0.1, -0.05) is 15.9 Å². The van der Waals surface area contributed by atoms with Gasteiger partial charge in [0.25, 0.3) is 0 Å². The SMILES string of the molecule is Cc1cc(O)c(F)c(C)c1Br. The minimum atomic E-state index is -0.553. The molecule has 0 aliphatic carbocycles. The van der Waals surface area contributed by atoms with Gasteiger partial charge in [-0.2, -0.15) is 0 Å². The maximum atomic E-state index is 12.9. The summed E-state index contributed by atoms with van der Waals surface area (Å²) in [6.07, 6.45) is 0. The number of aryl methyl sites for hydroxylation is 1. The molecule has 0 atom stereocenters. The summed E-state index contributed by atoms with van der Waals surface area (Å²) in [6.45, 7) is 3.42. The van der Waals surface area contributed by atoms with E-state index in [9.17, 15) is 4.39 Å². The zero-order valence-corrected chi connectivity index (χ0v) is 7.87. The van der Waals surface area contributed by atoms with Crippen molar-refractivity contribution in [3.8, 4) is 5.75 Å². The second-order valence-corrected chi connectivity index (χ2v) is 3.26. The van der Waals surface area contributed by atoms with Crippen molar-refractivity contribution in [1.82, 2.24) is 0 Å². The van der Waals surface area contributed by atoms with Gasteiger partial charge in [-0.25, -0.2) is 4.39 Å². The molecule has 1 aromatic rings. The summed E-state index contributed by atoms with van der Waals surface area (Å²) in [7, 11) is 0.